The molecule has 20 heavy (non-hydrogen) atoms. The summed E-state index contributed by atoms with van der Waals surface area (Å²) in [6, 6.07) is 17.0. The number of amides is 1. The maximum absolute atomic E-state index is 12.1. The molecule has 2 rings (SSSR count). The number of aliphatic hydroxyl groups is 1. The summed E-state index contributed by atoms with van der Waals surface area (Å²) in [6.45, 7) is 1.87. The van der Waals surface area contributed by atoms with Crippen molar-refractivity contribution in [2.24, 2.45) is 0 Å². The van der Waals surface area contributed by atoms with Crippen molar-refractivity contribution in [2.45, 2.75) is 19.4 Å². The topological polar surface area (TPSA) is 49.3 Å². The normalized spacial score (nSPS) is 11.9. The molecule has 0 saturated carbocycles. The Morgan fingerprint density at radius 1 is 1.15 bits per heavy atom. The smallest absolute Gasteiger partial charge is 0.251 e. The predicted molar refractivity (Wildman–Crippen MR) is 79.7 cm³/mol. The second-order valence-electron chi connectivity index (χ2n) is 4.91. The first-order valence-corrected chi connectivity index (χ1v) is 6.71. The monoisotopic (exact) mass is 269 g/mol. The molecule has 0 spiro atoms. The van der Waals surface area contributed by atoms with Crippen LogP contribution in [0, 0.1) is 6.92 Å². The van der Waals surface area contributed by atoms with Crippen LogP contribution in [0.5, 0.6) is 0 Å². The molecule has 104 valence electrons. The van der Waals surface area contributed by atoms with E-state index >= 15 is 0 Å². The van der Waals surface area contributed by atoms with Gasteiger partial charge in [0.15, 0.2) is 0 Å². The van der Waals surface area contributed by atoms with Crippen LogP contribution in [-0.4, -0.2) is 23.7 Å². The molecule has 0 radical (unpaired) electrons. The highest BCUT2D eigenvalue weighted by Gasteiger charge is 2.13. The van der Waals surface area contributed by atoms with E-state index in [2.05, 4.69) is 5.32 Å². The van der Waals surface area contributed by atoms with Gasteiger partial charge in [0.1, 0.15) is 0 Å². The summed E-state index contributed by atoms with van der Waals surface area (Å²) < 4.78 is 0. The first-order valence-electron chi connectivity index (χ1n) is 6.71. The molecule has 0 aliphatic rings. The molecule has 1 amide bonds. The summed E-state index contributed by atoms with van der Waals surface area (Å²) in [4.78, 5) is 12.1. The summed E-state index contributed by atoms with van der Waals surface area (Å²) >= 11 is 0. The van der Waals surface area contributed by atoms with Crippen molar-refractivity contribution in [1.29, 1.82) is 0 Å². The average Bonchev–Trinajstić information content (AvgIpc) is 2.47. The van der Waals surface area contributed by atoms with Gasteiger partial charge in [-0.3, -0.25) is 4.79 Å². The van der Waals surface area contributed by atoms with E-state index in [0.29, 0.717) is 12.0 Å². The van der Waals surface area contributed by atoms with Gasteiger partial charge in [0.2, 0.25) is 0 Å². The van der Waals surface area contributed by atoms with Crippen LogP contribution in [0.3, 0.4) is 0 Å². The average molecular weight is 269 g/mol. The molecule has 0 unspecified atom stereocenters. The Labute approximate surface area is 119 Å². The Balaban J connectivity index is 2.01. The van der Waals surface area contributed by atoms with E-state index in [0.717, 1.165) is 11.1 Å². The third kappa shape index (κ3) is 3.93. The van der Waals surface area contributed by atoms with Crippen molar-refractivity contribution in [3.8, 4) is 0 Å². The van der Waals surface area contributed by atoms with Crippen LogP contribution in [0.2, 0.25) is 0 Å². The van der Waals surface area contributed by atoms with Gasteiger partial charge in [-0.1, -0.05) is 48.0 Å². The van der Waals surface area contributed by atoms with E-state index in [1.807, 2.05) is 55.5 Å². The second-order valence-corrected chi connectivity index (χ2v) is 4.91. The molecule has 0 fully saturated rings. The fourth-order valence-corrected chi connectivity index (χ4v) is 2.11. The van der Waals surface area contributed by atoms with Gasteiger partial charge in [-0.2, -0.15) is 0 Å². The van der Waals surface area contributed by atoms with E-state index in [-0.39, 0.29) is 18.6 Å². The minimum Gasteiger partial charge on any atom is -0.394 e. The summed E-state index contributed by atoms with van der Waals surface area (Å²) in [6.07, 6.45) is 0.620. The lowest BCUT2D eigenvalue weighted by atomic mass is 10.1. The molecule has 0 bridgehead atoms. The number of nitrogens with one attached hydrogen (secondary N) is 1. The number of rotatable bonds is 5. The molecule has 0 aliphatic carbocycles. The zero-order valence-corrected chi connectivity index (χ0v) is 11.5. The SMILES string of the molecule is Cc1cccc(C(=O)N[C@H](CO)Cc2ccccc2)c1. The van der Waals surface area contributed by atoms with Crippen molar-refractivity contribution in [3.63, 3.8) is 0 Å². The van der Waals surface area contributed by atoms with E-state index in [4.69, 9.17) is 0 Å². The Kier molecular flexibility index (Phi) is 4.91. The summed E-state index contributed by atoms with van der Waals surface area (Å²) in [5, 5.41) is 12.3. The number of hydrogen-bond donors (Lipinski definition) is 2. The summed E-state index contributed by atoms with van der Waals surface area (Å²) in [7, 11) is 0. The van der Waals surface area contributed by atoms with Gasteiger partial charge < -0.3 is 10.4 Å². The number of carbonyl (C=O) groups excluding carboxylic acids is 1. The van der Waals surface area contributed by atoms with Crippen LogP contribution in [-0.2, 0) is 6.42 Å². The van der Waals surface area contributed by atoms with E-state index in [1.54, 1.807) is 6.07 Å². The molecule has 3 nitrogen and oxygen atoms in total. The fraction of sp³-hybridized carbons (Fsp3) is 0.235. The second kappa shape index (κ2) is 6.87. The molecule has 0 heterocycles. The third-order valence-electron chi connectivity index (χ3n) is 3.16. The number of hydrogen-bond acceptors (Lipinski definition) is 2. The van der Waals surface area contributed by atoms with Crippen molar-refractivity contribution in [2.75, 3.05) is 6.61 Å². The summed E-state index contributed by atoms with van der Waals surface area (Å²) in [5.41, 5.74) is 2.76. The Bertz CT molecular complexity index is 566. The fourth-order valence-electron chi connectivity index (χ4n) is 2.11. The molecule has 0 saturated heterocycles. The maximum atomic E-state index is 12.1. The van der Waals surface area contributed by atoms with Gasteiger partial charge in [-0.05, 0) is 31.0 Å². The molecule has 0 aliphatic heterocycles. The predicted octanol–water partition coefficient (Wildman–Crippen LogP) is 2.33. The van der Waals surface area contributed by atoms with Crippen LogP contribution in [0.25, 0.3) is 0 Å². The zero-order chi connectivity index (χ0) is 14.4. The van der Waals surface area contributed by atoms with Gasteiger partial charge in [0.05, 0.1) is 12.6 Å². The van der Waals surface area contributed by atoms with Crippen molar-refractivity contribution in [1.82, 2.24) is 5.32 Å². The molecular formula is C17H19NO2. The Hall–Kier alpha value is -2.13. The minimum absolute atomic E-state index is 0.0769. The number of carbonyl (C=O) groups is 1. The van der Waals surface area contributed by atoms with Gasteiger partial charge >= 0.3 is 0 Å². The lowest BCUT2D eigenvalue weighted by molar-refractivity contribution is 0.0916. The maximum Gasteiger partial charge on any atom is 0.251 e. The summed E-state index contributed by atoms with van der Waals surface area (Å²) in [5.74, 6) is -0.149. The van der Waals surface area contributed by atoms with E-state index < -0.39 is 0 Å². The van der Waals surface area contributed by atoms with Gasteiger partial charge in [0.25, 0.3) is 5.91 Å². The third-order valence-corrected chi connectivity index (χ3v) is 3.16. The van der Waals surface area contributed by atoms with Crippen molar-refractivity contribution in [3.05, 3.63) is 71.3 Å². The molecule has 2 aromatic rings. The van der Waals surface area contributed by atoms with Crippen molar-refractivity contribution >= 4 is 5.91 Å². The van der Waals surface area contributed by atoms with Gasteiger partial charge in [0, 0.05) is 5.56 Å². The minimum atomic E-state index is -0.273. The number of aryl methyl sites for hydroxylation is 1. The molecule has 2 aromatic carbocycles. The van der Waals surface area contributed by atoms with Crippen LogP contribution >= 0.6 is 0 Å². The van der Waals surface area contributed by atoms with Gasteiger partial charge in [-0.25, -0.2) is 0 Å². The van der Waals surface area contributed by atoms with Crippen LogP contribution in [0.15, 0.2) is 54.6 Å². The molecular weight excluding hydrogens is 250 g/mol. The molecule has 2 N–H and O–H groups in total. The van der Waals surface area contributed by atoms with Crippen LogP contribution in [0.1, 0.15) is 21.5 Å². The number of benzene rings is 2. The highest BCUT2D eigenvalue weighted by Crippen LogP contribution is 2.06. The molecule has 0 aromatic heterocycles. The number of aliphatic hydroxyl groups excluding tert-OH is 1. The highest BCUT2D eigenvalue weighted by atomic mass is 16.3. The quantitative estimate of drug-likeness (QED) is 0.875. The highest BCUT2D eigenvalue weighted by molar-refractivity contribution is 5.94. The van der Waals surface area contributed by atoms with E-state index in [9.17, 15) is 9.90 Å². The molecule has 1 atom stereocenters. The Morgan fingerprint density at radius 2 is 1.90 bits per heavy atom. The van der Waals surface area contributed by atoms with Gasteiger partial charge in [-0.15, -0.1) is 0 Å². The Morgan fingerprint density at radius 3 is 2.55 bits per heavy atom. The largest absolute Gasteiger partial charge is 0.394 e. The van der Waals surface area contributed by atoms with Crippen molar-refractivity contribution < 1.29 is 9.90 Å². The lowest BCUT2D eigenvalue weighted by Crippen LogP contribution is -2.39. The first-order chi connectivity index (χ1) is 9.69. The van der Waals surface area contributed by atoms with E-state index in [1.165, 1.54) is 0 Å². The van der Waals surface area contributed by atoms with Crippen LogP contribution < -0.4 is 5.32 Å². The van der Waals surface area contributed by atoms with Crippen LogP contribution in [0.4, 0.5) is 0 Å². The first kappa shape index (κ1) is 14.3. The standard InChI is InChI=1S/C17H19NO2/c1-13-6-5-9-15(10-13)17(20)18-16(12-19)11-14-7-3-2-4-8-14/h2-10,16,19H,11-12H2,1H3,(H,18,20)/t16-/m0/s1. The zero-order valence-electron chi connectivity index (χ0n) is 11.5. The lowest BCUT2D eigenvalue weighted by Gasteiger charge is -2.16. The molecule has 3 heteroatoms.